The number of alkyl halides is 1. The Morgan fingerprint density at radius 1 is 0.846 bits per heavy atom. The van der Waals surface area contributed by atoms with E-state index in [1.54, 1.807) is 36.8 Å². The van der Waals surface area contributed by atoms with E-state index < -0.39 is 36.0 Å². The van der Waals surface area contributed by atoms with Gasteiger partial charge in [0.15, 0.2) is 17.0 Å². The number of hydrogen-bond donors (Lipinski definition) is 6. The number of aromatic nitrogens is 6. The van der Waals surface area contributed by atoms with E-state index in [0.29, 0.717) is 87.3 Å². The molecule has 24 heteroatoms. The molecule has 5 rings (SSSR count). The molecule has 358 valence electrons. The summed E-state index contributed by atoms with van der Waals surface area (Å²) in [5, 5.41) is 41.9. The van der Waals surface area contributed by atoms with Gasteiger partial charge in [-0.15, -0.1) is 5.10 Å². The lowest BCUT2D eigenvalue weighted by Gasteiger charge is -2.32. The van der Waals surface area contributed by atoms with Crippen molar-refractivity contribution in [3.63, 3.8) is 0 Å². The van der Waals surface area contributed by atoms with Crippen molar-refractivity contribution in [3.05, 3.63) is 25.2 Å². The first-order valence-electron chi connectivity index (χ1n) is 21.7. The summed E-state index contributed by atoms with van der Waals surface area (Å²) in [5.74, 6) is -2.80. The van der Waals surface area contributed by atoms with Crippen LogP contribution in [0.4, 0.5) is 21.8 Å². The van der Waals surface area contributed by atoms with Gasteiger partial charge in [0.25, 0.3) is 5.88 Å². The quantitative estimate of drug-likeness (QED) is 0.0649. The minimum atomic E-state index is -1.35. The molecule has 0 spiro atoms. The number of rotatable bonds is 20. The molecule has 0 aliphatic carbocycles. The number of hydrogen-bond acceptors (Lipinski definition) is 16. The summed E-state index contributed by atoms with van der Waals surface area (Å²) in [6.07, 6.45) is 5.42. The lowest BCUT2D eigenvalue weighted by atomic mass is 10.1. The van der Waals surface area contributed by atoms with Crippen LogP contribution in [0, 0.1) is 0 Å². The number of unbranched alkanes of at least 4 members (excludes halogenated alkanes) is 2. The second kappa shape index (κ2) is 23.3. The third-order valence-corrected chi connectivity index (χ3v) is 11.1. The molecule has 0 saturated carbocycles. The molecule has 0 unspecified atom stereocenters. The fourth-order valence-electron chi connectivity index (χ4n) is 7.64. The maximum atomic E-state index is 15.1. The van der Waals surface area contributed by atoms with Gasteiger partial charge in [-0.1, -0.05) is 6.58 Å². The number of amides is 2. The second-order valence-electron chi connectivity index (χ2n) is 17.2. The fraction of sp³-hybridized carbons (Fsp3) is 0.634. The first kappa shape index (κ1) is 50.0. The SMILES string of the molecule is C=CC(=O)N[C@@H]1CN(c2nc(Nc3cn(CCCCCNC(=O)CN4CCN(CC(=O)O)CCN(CC(=O)O)CCN(CC(=O)O)CC4)nc3OC)c3ncn(C(C)(C)C)c3n2)C[C@H]1F. The molecule has 2 saturated heterocycles. The van der Waals surface area contributed by atoms with E-state index in [9.17, 15) is 39.3 Å². The smallest absolute Gasteiger partial charge is 0.317 e. The number of aryl methyl sites for hydroxylation is 1. The van der Waals surface area contributed by atoms with Gasteiger partial charge >= 0.3 is 17.9 Å². The van der Waals surface area contributed by atoms with Crippen LogP contribution in [0.15, 0.2) is 25.2 Å². The number of halogens is 1. The number of aliphatic carboxylic acids is 3. The Hall–Kier alpha value is -5.98. The molecule has 2 atom stereocenters. The highest BCUT2D eigenvalue weighted by atomic mass is 19.1. The molecule has 3 aromatic heterocycles. The van der Waals surface area contributed by atoms with Gasteiger partial charge in [0.2, 0.25) is 17.8 Å². The molecule has 2 aliphatic heterocycles. The predicted octanol–water partition coefficient (Wildman–Crippen LogP) is 0.121. The van der Waals surface area contributed by atoms with Gasteiger partial charge in [-0.25, -0.2) is 9.37 Å². The van der Waals surface area contributed by atoms with Crippen LogP contribution in [0.2, 0.25) is 0 Å². The van der Waals surface area contributed by atoms with Crippen LogP contribution in [0.25, 0.3) is 11.2 Å². The molecule has 6 N–H and O–H groups in total. The molecule has 2 fully saturated rings. The molecule has 3 aromatic rings. The van der Waals surface area contributed by atoms with Gasteiger partial charge in [0.05, 0.1) is 58.4 Å². The van der Waals surface area contributed by atoms with Crippen molar-refractivity contribution in [3.8, 4) is 5.88 Å². The number of methoxy groups -OCH3 is 1. The average molecular weight is 915 g/mol. The Kier molecular flexibility index (Phi) is 17.9. The molecule has 23 nitrogen and oxygen atoms in total. The average Bonchev–Trinajstić information content (AvgIpc) is 3.96. The molecule has 5 heterocycles. The summed E-state index contributed by atoms with van der Waals surface area (Å²) in [6.45, 7) is 12.4. The van der Waals surface area contributed by atoms with Crippen LogP contribution in [0.3, 0.4) is 0 Å². The number of nitrogens with one attached hydrogen (secondary N) is 3. The van der Waals surface area contributed by atoms with Crippen molar-refractivity contribution in [1.82, 2.24) is 59.5 Å². The van der Waals surface area contributed by atoms with E-state index in [1.807, 2.05) is 30.2 Å². The fourth-order valence-corrected chi connectivity index (χ4v) is 7.64. The zero-order valence-electron chi connectivity index (χ0n) is 37.6. The van der Waals surface area contributed by atoms with Crippen LogP contribution in [-0.2, 0) is 36.1 Å². The van der Waals surface area contributed by atoms with Gasteiger partial charge in [-0.3, -0.25) is 48.3 Å². The topological polar surface area (TPSA) is 269 Å². The van der Waals surface area contributed by atoms with Crippen molar-refractivity contribution >= 4 is 58.3 Å². The van der Waals surface area contributed by atoms with Crippen molar-refractivity contribution < 1.29 is 48.4 Å². The van der Waals surface area contributed by atoms with Crippen molar-refractivity contribution in [1.29, 1.82) is 0 Å². The number of fused-ring (bicyclic) bond motifs is 1. The summed E-state index contributed by atoms with van der Waals surface area (Å²) in [7, 11) is 1.51. The van der Waals surface area contributed by atoms with Gasteiger partial charge in [-0.2, -0.15) is 9.97 Å². The maximum absolute atomic E-state index is 15.1. The normalized spacial score (nSPS) is 18.8. The molecule has 65 heavy (non-hydrogen) atoms. The van der Waals surface area contributed by atoms with Gasteiger partial charge in [0, 0.05) is 77.5 Å². The monoisotopic (exact) mass is 914 g/mol. The lowest BCUT2D eigenvalue weighted by Crippen LogP contribution is -2.49. The van der Waals surface area contributed by atoms with Crippen LogP contribution < -0.4 is 25.6 Å². The van der Waals surface area contributed by atoms with Gasteiger partial charge < -0.3 is 45.5 Å². The molecule has 0 radical (unpaired) electrons. The van der Waals surface area contributed by atoms with E-state index >= 15 is 4.39 Å². The minimum Gasteiger partial charge on any atom is -0.480 e. The van der Waals surface area contributed by atoms with E-state index in [4.69, 9.17) is 14.7 Å². The molecule has 0 aromatic carbocycles. The summed E-state index contributed by atoms with van der Waals surface area (Å²) in [6, 6.07) is -0.764. The third kappa shape index (κ3) is 15.0. The number of imidazole rings is 1. The van der Waals surface area contributed by atoms with Gasteiger partial charge in [0.1, 0.15) is 11.9 Å². The maximum Gasteiger partial charge on any atom is 0.317 e. The largest absolute Gasteiger partial charge is 0.480 e. The van der Waals surface area contributed by atoms with E-state index in [0.717, 1.165) is 18.9 Å². The minimum absolute atomic E-state index is 0.0246. The Morgan fingerprint density at radius 2 is 1.42 bits per heavy atom. The highest BCUT2D eigenvalue weighted by Crippen LogP contribution is 2.33. The number of carbonyl (C=O) groups is 5. The first-order chi connectivity index (χ1) is 30.9. The molecular weight excluding hydrogens is 852 g/mol. The Balaban J connectivity index is 1.16. The molecule has 0 bridgehead atoms. The first-order valence-corrected chi connectivity index (χ1v) is 21.7. The number of anilines is 3. The summed E-state index contributed by atoms with van der Waals surface area (Å²) in [5.41, 5.74) is 1.16. The summed E-state index contributed by atoms with van der Waals surface area (Å²) in [4.78, 5) is 82.6. The highest BCUT2D eigenvalue weighted by molar-refractivity contribution is 5.88. The Morgan fingerprint density at radius 3 is 1.94 bits per heavy atom. The van der Waals surface area contributed by atoms with E-state index in [-0.39, 0.29) is 69.8 Å². The van der Waals surface area contributed by atoms with E-state index in [2.05, 4.69) is 32.6 Å². The third-order valence-electron chi connectivity index (χ3n) is 11.1. The molecule has 2 amide bonds. The zero-order valence-corrected chi connectivity index (χ0v) is 37.6. The van der Waals surface area contributed by atoms with Crippen molar-refractivity contribution in [2.24, 2.45) is 0 Å². The van der Waals surface area contributed by atoms with E-state index in [1.165, 1.54) is 7.11 Å². The number of ether oxygens (including phenoxy) is 1. The molecule has 2 aliphatic rings. The Labute approximate surface area is 376 Å². The number of carboxylic acid groups (broad SMARTS) is 3. The van der Waals surface area contributed by atoms with Crippen LogP contribution in [0.5, 0.6) is 5.88 Å². The van der Waals surface area contributed by atoms with Crippen molar-refractivity contribution in [2.45, 2.75) is 64.3 Å². The standard InChI is InChI=1S/C41H63FN14O9/c1-6-31(57)45-29-21-54(20-28(29)42)40-47-37(36-38(48-40)56(27-44-36)41(2,3)4)46-30-22-55(49-39(30)65-5)11-9-7-8-10-43-32(58)23-50-12-14-51(24-33(59)60)16-18-53(26-35(63)64)19-17-52(15-13-50)25-34(61)62/h6,22,27-29H,1,7-21,23-26H2,2-5H3,(H,43,58)(H,45,57)(H,59,60)(H,61,62)(H,63,64)(H,46,47,48)/t28-,29-/m1/s1. The van der Waals surface area contributed by atoms with Crippen molar-refractivity contribution in [2.75, 3.05) is 115 Å². The second-order valence-corrected chi connectivity index (χ2v) is 17.2. The zero-order chi connectivity index (χ0) is 47.3. The number of nitrogens with zero attached hydrogens (tertiary/aromatic N) is 11. The Bertz CT molecular complexity index is 2100. The van der Waals surface area contributed by atoms with Crippen LogP contribution in [0.1, 0.15) is 40.0 Å². The van der Waals surface area contributed by atoms with Crippen LogP contribution in [-0.4, -0.2) is 211 Å². The highest BCUT2D eigenvalue weighted by Gasteiger charge is 2.36. The summed E-state index contributed by atoms with van der Waals surface area (Å²) < 4.78 is 24.4. The lowest BCUT2D eigenvalue weighted by molar-refractivity contribution is -0.140. The molecular formula is C41H63FN14O9. The number of carboxylic acids is 3. The predicted molar refractivity (Wildman–Crippen MR) is 237 cm³/mol. The van der Waals surface area contributed by atoms with Crippen LogP contribution >= 0.6 is 0 Å². The number of carbonyl (C=O) groups excluding carboxylic acids is 2. The summed E-state index contributed by atoms with van der Waals surface area (Å²) >= 11 is 0. The van der Waals surface area contributed by atoms with Gasteiger partial charge in [-0.05, 0) is 46.1 Å².